The molecule has 0 radical (unpaired) electrons. The van der Waals surface area contributed by atoms with Gasteiger partial charge in [0.15, 0.2) is 0 Å². The molecule has 1 aliphatic carbocycles. The maximum Gasteiger partial charge on any atom is 0.317 e. The number of carbonyl (C=O) groups excluding carboxylic acids is 2. The standard InChI is InChI=1S/C13H21N3O4/c14-11(17)8-3-5-16(6-4-8)13(20)15-10-2-1-9(7-10)12(18)19/h8-10H,1-7H2,(H2,14,17)(H,15,20)(H,18,19). The molecule has 20 heavy (non-hydrogen) atoms. The highest BCUT2D eigenvalue weighted by molar-refractivity contribution is 5.78. The van der Waals surface area contributed by atoms with E-state index in [2.05, 4.69) is 5.32 Å². The SMILES string of the molecule is NC(=O)C1CCN(C(=O)NC2CCC(C(=O)O)C2)CC1. The number of amides is 3. The Kier molecular flexibility index (Phi) is 4.46. The molecule has 112 valence electrons. The number of nitrogens with one attached hydrogen (secondary N) is 1. The number of primary amides is 1. The summed E-state index contributed by atoms with van der Waals surface area (Å²) in [5.74, 6) is -1.57. The number of aliphatic carboxylic acids is 1. The van der Waals surface area contributed by atoms with E-state index in [1.165, 1.54) is 0 Å². The van der Waals surface area contributed by atoms with Gasteiger partial charge in [-0.25, -0.2) is 4.79 Å². The number of rotatable bonds is 3. The van der Waals surface area contributed by atoms with Gasteiger partial charge in [-0.3, -0.25) is 9.59 Å². The number of carbonyl (C=O) groups is 3. The summed E-state index contributed by atoms with van der Waals surface area (Å²) in [6.07, 6.45) is 3.03. The van der Waals surface area contributed by atoms with Crippen molar-refractivity contribution in [2.75, 3.05) is 13.1 Å². The summed E-state index contributed by atoms with van der Waals surface area (Å²) in [6, 6.07) is -0.221. The van der Waals surface area contributed by atoms with E-state index < -0.39 is 5.97 Å². The van der Waals surface area contributed by atoms with Gasteiger partial charge in [-0.15, -0.1) is 0 Å². The second kappa shape index (κ2) is 6.11. The summed E-state index contributed by atoms with van der Waals surface area (Å²) in [5, 5.41) is 11.8. The minimum absolute atomic E-state index is 0.0579. The highest BCUT2D eigenvalue weighted by atomic mass is 16.4. The molecule has 0 spiro atoms. The quantitative estimate of drug-likeness (QED) is 0.684. The summed E-state index contributed by atoms with van der Waals surface area (Å²) in [4.78, 5) is 35.7. The topological polar surface area (TPSA) is 113 Å². The van der Waals surface area contributed by atoms with E-state index in [-0.39, 0.29) is 29.8 Å². The molecule has 1 saturated heterocycles. The maximum atomic E-state index is 12.1. The first kappa shape index (κ1) is 14.6. The van der Waals surface area contributed by atoms with Crippen molar-refractivity contribution in [1.82, 2.24) is 10.2 Å². The minimum Gasteiger partial charge on any atom is -0.481 e. The van der Waals surface area contributed by atoms with Gasteiger partial charge in [-0.05, 0) is 32.1 Å². The van der Waals surface area contributed by atoms with E-state index in [4.69, 9.17) is 10.8 Å². The first-order chi connectivity index (χ1) is 9.47. The summed E-state index contributed by atoms with van der Waals surface area (Å²) in [6.45, 7) is 1.04. The van der Waals surface area contributed by atoms with E-state index in [1.807, 2.05) is 0 Å². The highest BCUT2D eigenvalue weighted by Gasteiger charge is 2.32. The van der Waals surface area contributed by atoms with E-state index in [9.17, 15) is 14.4 Å². The fourth-order valence-corrected chi connectivity index (χ4v) is 2.97. The average Bonchev–Trinajstić information content (AvgIpc) is 2.87. The van der Waals surface area contributed by atoms with Gasteiger partial charge in [-0.2, -0.15) is 0 Å². The zero-order chi connectivity index (χ0) is 14.7. The van der Waals surface area contributed by atoms with Gasteiger partial charge >= 0.3 is 12.0 Å². The van der Waals surface area contributed by atoms with Crippen LogP contribution in [0.3, 0.4) is 0 Å². The lowest BCUT2D eigenvalue weighted by Crippen LogP contribution is -2.48. The Labute approximate surface area is 117 Å². The van der Waals surface area contributed by atoms with Crippen molar-refractivity contribution in [2.45, 2.75) is 38.1 Å². The fraction of sp³-hybridized carbons (Fsp3) is 0.769. The number of urea groups is 1. The number of nitrogens with two attached hydrogens (primary N) is 1. The van der Waals surface area contributed by atoms with Crippen molar-refractivity contribution in [1.29, 1.82) is 0 Å². The zero-order valence-electron chi connectivity index (χ0n) is 11.4. The van der Waals surface area contributed by atoms with E-state index in [1.54, 1.807) is 4.90 Å². The Balaban J connectivity index is 1.76. The lowest BCUT2D eigenvalue weighted by molar-refractivity contribution is -0.141. The smallest absolute Gasteiger partial charge is 0.317 e. The van der Waals surface area contributed by atoms with Crippen LogP contribution in [0.1, 0.15) is 32.1 Å². The highest BCUT2D eigenvalue weighted by Crippen LogP contribution is 2.26. The first-order valence-corrected chi connectivity index (χ1v) is 7.05. The van der Waals surface area contributed by atoms with Crippen LogP contribution in [0.4, 0.5) is 4.79 Å². The molecule has 3 amide bonds. The number of hydrogen-bond acceptors (Lipinski definition) is 3. The van der Waals surface area contributed by atoms with Gasteiger partial charge in [-0.1, -0.05) is 0 Å². The second-order valence-electron chi connectivity index (χ2n) is 5.66. The van der Waals surface area contributed by atoms with Gasteiger partial charge in [0.05, 0.1) is 5.92 Å². The van der Waals surface area contributed by atoms with E-state index >= 15 is 0 Å². The molecule has 1 saturated carbocycles. The third-order valence-corrected chi connectivity index (χ3v) is 4.29. The minimum atomic E-state index is -0.788. The van der Waals surface area contributed by atoms with Gasteiger partial charge in [0.1, 0.15) is 0 Å². The third kappa shape index (κ3) is 3.40. The molecule has 1 heterocycles. The molecular weight excluding hydrogens is 262 g/mol. The largest absolute Gasteiger partial charge is 0.481 e. The Morgan fingerprint density at radius 2 is 1.70 bits per heavy atom. The van der Waals surface area contributed by atoms with Crippen LogP contribution in [0.2, 0.25) is 0 Å². The van der Waals surface area contributed by atoms with Crippen molar-refractivity contribution in [3.05, 3.63) is 0 Å². The molecule has 0 aromatic carbocycles. The molecule has 0 bridgehead atoms. The van der Waals surface area contributed by atoms with Crippen LogP contribution in [0.25, 0.3) is 0 Å². The summed E-state index contributed by atoms with van der Waals surface area (Å²) in [5.41, 5.74) is 5.25. The zero-order valence-corrected chi connectivity index (χ0v) is 11.4. The Bertz CT molecular complexity index is 404. The molecule has 2 rings (SSSR count). The molecule has 0 aromatic heterocycles. The number of carboxylic acids is 1. The molecule has 7 nitrogen and oxygen atoms in total. The first-order valence-electron chi connectivity index (χ1n) is 7.05. The number of hydrogen-bond donors (Lipinski definition) is 3. The van der Waals surface area contributed by atoms with Crippen molar-refractivity contribution < 1.29 is 19.5 Å². The molecular formula is C13H21N3O4. The molecule has 7 heteroatoms. The molecule has 2 unspecified atom stereocenters. The number of likely N-dealkylation sites (tertiary alicyclic amines) is 1. The summed E-state index contributed by atoms with van der Waals surface area (Å²) >= 11 is 0. The van der Waals surface area contributed by atoms with E-state index in [0.717, 1.165) is 0 Å². The van der Waals surface area contributed by atoms with Crippen LogP contribution in [-0.4, -0.2) is 47.0 Å². The monoisotopic (exact) mass is 283 g/mol. The molecule has 4 N–H and O–H groups in total. The second-order valence-corrected chi connectivity index (χ2v) is 5.66. The van der Waals surface area contributed by atoms with Gasteiger partial charge < -0.3 is 21.1 Å². The molecule has 2 aliphatic rings. The van der Waals surface area contributed by atoms with Crippen LogP contribution in [0.5, 0.6) is 0 Å². The number of piperidine rings is 1. The van der Waals surface area contributed by atoms with Crippen molar-refractivity contribution in [2.24, 2.45) is 17.6 Å². The average molecular weight is 283 g/mol. The molecule has 1 aliphatic heterocycles. The molecule has 2 atom stereocenters. The molecule has 0 aromatic rings. The summed E-state index contributed by atoms with van der Waals surface area (Å²) in [7, 11) is 0. The maximum absolute atomic E-state index is 12.1. The van der Waals surface area contributed by atoms with Gasteiger partial charge in [0.25, 0.3) is 0 Å². The van der Waals surface area contributed by atoms with Gasteiger partial charge in [0, 0.05) is 25.0 Å². The fourth-order valence-electron chi connectivity index (χ4n) is 2.97. The van der Waals surface area contributed by atoms with Crippen molar-refractivity contribution in [3.8, 4) is 0 Å². The number of nitrogens with zero attached hydrogens (tertiary/aromatic N) is 1. The summed E-state index contributed by atoms with van der Waals surface area (Å²) < 4.78 is 0. The van der Waals surface area contributed by atoms with Crippen LogP contribution >= 0.6 is 0 Å². The predicted molar refractivity (Wildman–Crippen MR) is 70.8 cm³/mol. The Morgan fingerprint density at radius 1 is 1.05 bits per heavy atom. The lowest BCUT2D eigenvalue weighted by atomic mass is 9.96. The van der Waals surface area contributed by atoms with Crippen molar-refractivity contribution in [3.63, 3.8) is 0 Å². The Morgan fingerprint density at radius 3 is 2.20 bits per heavy atom. The van der Waals surface area contributed by atoms with E-state index in [0.29, 0.717) is 45.2 Å². The van der Waals surface area contributed by atoms with Crippen LogP contribution in [-0.2, 0) is 9.59 Å². The van der Waals surface area contributed by atoms with Crippen LogP contribution in [0, 0.1) is 11.8 Å². The van der Waals surface area contributed by atoms with Crippen molar-refractivity contribution >= 4 is 17.9 Å². The lowest BCUT2D eigenvalue weighted by Gasteiger charge is -2.31. The number of carboxylic acid groups (broad SMARTS) is 1. The van der Waals surface area contributed by atoms with Crippen LogP contribution in [0.15, 0.2) is 0 Å². The third-order valence-electron chi connectivity index (χ3n) is 4.29. The predicted octanol–water partition coefficient (Wildman–Crippen LogP) is 0.147. The Hall–Kier alpha value is -1.79. The van der Waals surface area contributed by atoms with Gasteiger partial charge in [0.2, 0.25) is 5.91 Å². The van der Waals surface area contributed by atoms with Crippen LogP contribution < -0.4 is 11.1 Å². The molecule has 2 fully saturated rings. The normalized spacial score (nSPS) is 27.3.